The van der Waals surface area contributed by atoms with Crippen LogP contribution in [0, 0.1) is 22.2 Å². The maximum absolute atomic E-state index is 13.0. The van der Waals surface area contributed by atoms with Crippen LogP contribution in [0.15, 0.2) is 267 Å². The topological polar surface area (TPSA) is 192 Å². The van der Waals surface area contributed by atoms with Gasteiger partial charge in [-0.05, 0) is 228 Å². The fraction of sp³-hybridized carbons (Fsp3) is 0.333. The number of nitrogens with zero attached hydrogens (tertiary/aromatic N) is 7. The molecule has 4 unspecified atom stereocenters. The Morgan fingerprint density at radius 1 is 0.393 bits per heavy atom. The lowest BCUT2D eigenvalue weighted by atomic mass is 9.88. The van der Waals surface area contributed by atoms with Gasteiger partial charge in [0.15, 0.2) is 0 Å². The van der Waals surface area contributed by atoms with Crippen LogP contribution >= 0.6 is 0 Å². The SMILES string of the molecule is CC1(C(=O)N2CCOCC2)CCN(Cc2cccc(Oc3ccccc3)c2)C1.CC1(C(=O)NCc2cccnc2)CCN(Cc2cccc(Oc3ccccc3)c2)C1.CC1(C(=O)NCc2ccncc2)CCN(Cc2cccc(Oc3ccccc3)c2)C1.CCNC(=O)C1CCN(Cc2cccc(Oc3ccccc3)c2)C1. The highest BCUT2D eigenvalue weighted by atomic mass is 16.5. The number of rotatable bonds is 25. The molecule has 2 aromatic heterocycles. The number of para-hydroxylation sites is 4. The zero-order valence-electron chi connectivity index (χ0n) is 65.0. The quantitative estimate of drug-likeness (QED) is 0.0489. The largest absolute Gasteiger partial charge is 0.457 e. The standard InChI is InChI=1S/2C25H27N3O2.C23H28N2O3.C20H24N2O2/c1-25(24(29)27-17-21-8-6-13-26-16-21)12-14-28(19-25)18-20-7-5-11-23(15-20)30-22-9-3-2-4-10-22;1-25(24(29)27-17-20-10-13-26-14-11-20)12-15-28(19-25)18-21-6-5-9-23(16-21)30-22-7-3-2-4-8-22;1-23(22(26)25-12-14-27-15-13-25)10-11-24(18-23)17-19-6-5-9-21(16-19)28-20-7-3-2-4-8-20;1-2-21-20(23)17-11-12-22(15-17)14-16-7-6-10-19(13-16)24-18-8-4-3-5-9-18/h2-11,13,15-16H,12,14,17-19H2,1H3,(H,27,29);2-11,13-14,16H,12,15,17-19H2,1H3,(H,27,29);2-9,16H,10-15,17-18H2,1H3;3-10,13,17H,2,11-12,14-15H2,1H3,(H,21,23). The average Bonchev–Trinajstić information content (AvgIpc) is 1.63. The number of nitrogens with one attached hydrogen (secondary N) is 3. The molecule has 3 N–H and O–H groups in total. The van der Waals surface area contributed by atoms with Crippen molar-refractivity contribution in [2.45, 2.75) is 92.6 Å². The molecular weight excluding hydrogens is 1400 g/mol. The maximum atomic E-state index is 13.0. The summed E-state index contributed by atoms with van der Waals surface area (Å²) in [5.41, 5.74) is 5.82. The normalized spacial score (nSPS) is 19.6. The summed E-state index contributed by atoms with van der Waals surface area (Å²) in [5, 5.41) is 9.09. The van der Waals surface area contributed by atoms with Gasteiger partial charge in [0.25, 0.3) is 0 Å². The molecule has 10 aromatic rings. The van der Waals surface area contributed by atoms with Crippen LogP contribution in [0.5, 0.6) is 46.0 Å². The van der Waals surface area contributed by atoms with E-state index in [9.17, 15) is 19.2 Å². The number of benzene rings is 8. The third kappa shape index (κ3) is 24.2. The highest BCUT2D eigenvalue weighted by Crippen LogP contribution is 2.37. The van der Waals surface area contributed by atoms with Gasteiger partial charge in [-0.15, -0.1) is 0 Å². The second kappa shape index (κ2) is 40.2. The van der Waals surface area contributed by atoms with Crippen LogP contribution in [0.1, 0.15) is 86.8 Å². The van der Waals surface area contributed by atoms with Gasteiger partial charge in [0.05, 0.1) is 35.4 Å². The van der Waals surface area contributed by atoms with Crippen molar-refractivity contribution in [1.29, 1.82) is 0 Å². The first-order valence-corrected chi connectivity index (χ1v) is 39.2. The van der Waals surface area contributed by atoms with Crippen LogP contribution in [0.3, 0.4) is 0 Å². The first-order valence-electron chi connectivity index (χ1n) is 39.2. The van der Waals surface area contributed by atoms with Crippen molar-refractivity contribution in [2.75, 3.05) is 85.2 Å². The number of amides is 4. The van der Waals surface area contributed by atoms with Gasteiger partial charge in [0.1, 0.15) is 46.0 Å². The number of ether oxygens (including phenoxy) is 5. The van der Waals surface area contributed by atoms with E-state index in [1.54, 1.807) is 24.8 Å². The first-order chi connectivity index (χ1) is 54.6. The Labute approximate surface area is 660 Å². The van der Waals surface area contributed by atoms with Gasteiger partial charge in [0, 0.05) is 110 Å². The molecule has 15 rings (SSSR count). The molecule has 7 heterocycles. The van der Waals surface area contributed by atoms with E-state index in [4.69, 9.17) is 23.7 Å². The Morgan fingerprint density at radius 3 is 1.17 bits per heavy atom. The zero-order chi connectivity index (χ0) is 77.8. The smallest absolute Gasteiger partial charge is 0.230 e. The second-order valence-corrected chi connectivity index (χ2v) is 30.4. The Kier molecular flexibility index (Phi) is 28.9. The Balaban J connectivity index is 0.000000139. The lowest BCUT2D eigenvalue weighted by Gasteiger charge is -2.34. The van der Waals surface area contributed by atoms with Crippen molar-refractivity contribution in [3.05, 3.63) is 301 Å². The van der Waals surface area contributed by atoms with E-state index >= 15 is 0 Å². The summed E-state index contributed by atoms with van der Waals surface area (Å²) in [6.07, 6.45) is 10.6. The van der Waals surface area contributed by atoms with Crippen LogP contribution in [-0.4, -0.2) is 143 Å². The van der Waals surface area contributed by atoms with Crippen molar-refractivity contribution in [3.8, 4) is 46.0 Å². The second-order valence-electron chi connectivity index (χ2n) is 30.4. The number of morpholine rings is 1. The van der Waals surface area contributed by atoms with Crippen molar-refractivity contribution >= 4 is 23.6 Å². The third-order valence-electron chi connectivity index (χ3n) is 21.1. The van der Waals surface area contributed by atoms with Crippen LogP contribution in [-0.2, 0) is 63.2 Å². The highest BCUT2D eigenvalue weighted by molar-refractivity contribution is 5.84. The number of carbonyl (C=O) groups is 4. The molecule has 0 saturated carbocycles. The van der Waals surface area contributed by atoms with Gasteiger partial charge >= 0.3 is 0 Å². The monoisotopic (exact) mass is 1510 g/mol. The lowest BCUT2D eigenvalue weighted by molar-refractivity contribution is -0.144. The summed E-state index contributed by atoms with van der Waals surface area (Å²) >= 11 is 0. The summed E-state index contributed by atoms with van der Waals surface area (Å²) in [6, 6.07) is 79.6. The fourth-order valence-corrected chi connectivity index (χ4v) is 14.9. The molecule has 19 nitrogen and oxygen atoms in total. The third-order valence-corrected chi connectivity index (χ3v) is 21.1. The van der Waals surface area contributed by atoms with Gasteiger partial charge < -0.3 is 44.5 Å². The van der Waals surface area contributed by atoms with Crippen LogP contribution in [0.4, 0.5) is 0 Å². The molecule has 0 bridgehead atoms. The number of carbonyl (C=O) groups excluding carboxylic acids is 4. The van der Waals surface area contributed by atoms with E-state index in [2.05, 4.69) is 115 Å². The summed E-state index contributed by atoms with van der Waals surface area (Å²) < 4.78 is 29.1. The number of pyridine rings is 2. The van der Waals surface area contributed by atoms with Crippen LogP contribution in [0.25, 0.3) is 0 Å². The molecule has 0 spiro atoms. The minimum atomic E-state index is -0.375. The Bertz CT molecular complexity index is 4430. The summed E-state index contributed by atoms with van der Waals surface area (Å²) in [4.78, 5) is 70.1. The van der Waals surface area contributed by atoms with Gasteiger partial charge in [-0.2, -0.15) is 0 Å². The van der Waals surface area contributed by atoms with E-state index in [0.29, 0.717) is 45.9 Å². The number of hydrogen-bond donors (Lipinski definition) is 3. The van der Waals surface area contributed by atoms with E-state index < -0.39 is 0 Å². The van der Waals surface area contributed by atoms with Crippen molar-refractivity contribution in [1.82, 2.24) is 50.4 Å². The van der Waals surface area contributed by atoms with E-state index in [0.717, 1.165) is 161 Å². The molecule has 8 aromatic carbocycles. The molecule has 0 radical (unpaired) electrons. The summed E-state index contributed by atoms with van der Waals surface area (Å²) in [6.45, 7) is 22.8. The van der Waals surface area contributed by atoms with Crippen LogP contribution < -0.4 is 34.9 Å². The van der Waals surface area contributed by atoms with Crippen LogP contribution in [0.2, 0.25) is 0 Å². The highest BCUT2D eigenvalue weighted by Gasteiger charge is 2.44. The molecule has 4 amide bonds. The molecule has 5 fully saturated rings. The fourth-order valence-electron chi connectivity index (χ4n) is 14.9. The predicted octanol–water partition coefficient (Wildman–Crippen LogP) is 15.8. The van der Waals surface area contributed by atoms with E-state index in [1.165, 1.54) is 22.3 Å². The molecule has 5 aliphatic heterocycles. The van der Waals surface area contributed by atoms with E-state index in [1.807, 2.05) is 206 Å². The molecule has 112 heavy (non-hydrogen) atoms. The zero-order valence-corrected chi connectivity index (χ0v) is 65.0. The number of aromatic nitrogens is 2. The Morgan fingerprint density at radius 2 is 0.768 bits per heavy atom. The first kappa shape index (κ1) is 80.5. The van der Waals surface area contributed by atoms with Gasteiger partial charge in [-0.3, -0.25) is 48.7 Å². The molecule has 4 atom stereocenters. The molecule has 5 aliphatic rings. The average molecular weight is 1510 g/mol. The summed E-state index contributed by atoms with van der Waals surface area (Å²) in [5.74, 6) is 7.48. The van der Waals surface area contributed by atoms with E-state index in [-0.39, 0.29) is 45.8 Å². The van der Waals surface area contributed by atoms with Gasteiger partial charge in [-0.1, -0.05) is 127 Å². The summed E-state index contributed by atoms with van der Waals surface area (Å²) in [7, 11) is 0. The maximum Gasteiger partial charge on any atom is 0.230 e. The molecule has 582 valence electrons. The molecular formula is C93H106N10O9. The number of hydrogen-bond acceptors (Lipinski definition) is 15. The minimum absolute atomic E-state index is 0.106. The van der Waals surface area contributed by atoms with Gasteiger partial charge in [-0.25, -0.2) is 0 Å². The van der Waals surface area contributed by atoms with Crippen molar-refractivity contribution in [3.63, 3.8) is 0 Å². The molecule has 0 aliphatic carbocycles. The van der Waals surface area contributed by atoms with Crippen molar-refractivity contribution < 1.29 is 42.9 Å². The molecule has 19 heteroatoms. The van der Waals surface area contributed by atoms with Crippen molar-refractivity contribution in [2.24, 2.45) is 22.2 Å². The number of likely N-dealkylation sites (tertiary alicyclic amines) is 4. The molecule has 5 saturated heterocycles. The lowest BCUT2D eigenvalue weighted by Crippen LogP contribution is -2.48. The predicted molar refractivity (Wildman–Crippen MR) is 437 cm³/mol. The Hall–Kier alpha value is -11.1. The minimum Gasteiger partial charge on any atom is -0.457 e. The van der Waals surface area contributed by atoms with Gasteiger partial charge in [0.2, 0.25) is 23.6 Å².